The Kier molecular flexibility index (Phi) is 5.79. The largest absolute Gasteiger partial charge is 0.465 e. The standard InChI is InChI=1S/C20H19F5N2O2/c1-26-9-3-4-13(26)11-27(19(28)29)17-8-7-12(21)10-15(17)14-5-2-6-16(18(14)22)20(23,24)25/h2,5-8,10,13H,3-4,9,11H2,1H3,(H,28,29)/t13-/m0/s1. The zero-order chi connectivity index (χ0) is 21.3. The highest BCUT2D eigenvalue weighted by Gasteiger charge is 2.36. The summed E-state index contributed by atoms with van der Waals surface area (Å²) in [4.78, 5) is 14.8. The molecule has 29 heavy (non-hydrogen) atoms. The van der Waals surface area contributed by atoms with Crippen molar-refractivity contribution in [2.45, 2.75) is 25.1 Å². The molecule has 2 aromatic rings. The van der Waals surface area contributed by atoms with Crippen LogP contribution in [0.1, 0.15) is 18.4 Å². The highest BCUT2D eigenvalue weighted by molar-refractivity contribution is 5.93. The van der Waals surface area contributed by atoms with Crippen LogP contribution in [0.4, 0.5) is 32.4 Å². The SMILES string of the molecule is CN1CCC[C@H]1CN(C(=O)O)c1ccc(F)cc1-c1cccc(C(F)(F)F)c1F. The van der Waals surface area contributed by atoms with Crippen molar-refractivity contribution < 1.29 is 31.9 Å². The van der Waals surface area contributed by atoms with E-state index in [9.17, 15) is 31.9 Å². The maximum absolute atomic E-state index is 14.7. The summed E-state index contributed by atoms with van der Waals surface area (Å²) in [5.74, 6) is -2.39. The molecule has 4 nitrogen and oxygen atoms in total. The first-order valence-corrected chi connectivity index (χ1v) is 8.96. The van der Waals surface area contributed by atoms with E-state index < -0.39 is 35.0 Å². The number of alkyl halides is 3. The Balaban J connectivity index is 2.12. The molecule has 0 radical (unpaired) electrons. The van der Waals surface area contributed by atoms with Crippen LogP contribution in [0.5, 0.6) is 0 Å². The fourth-order valence-corrected chi connectivity index (χ4v) is 3.62. The van der Waals surface area contributed by atoms with Gasteiger partial charge in [0.15, 0.2) is 0 Å². The number of likely N-dealkylation sites (N-methyl/N-ethyl adjacent to an activating group) is 1. The topological polar surface area (TPSA) is 43.8 Å². The Morgan fingerprint density at radius 2 is 1.93 bits per heavy atom. The zero-order valence-electron chi connectivity index (χ0n) is 15.5. The Hall–Kier alpha value is -2.68. The first-order valence-electron chi connectivity index (χ1n) is 8.96. The van der Waals surface area contributed by atoms with E-state index in [1.54, 1.807) is 0 Å². The van der Waals surface area contributed by atoms with Gasteiger partial charge in [0, 0.05) is 23.7 Å². The molecule has 1 saturated heterocycles. The van der Waals surface area contributed by atoms with Crippen LogP contribution in [0.2, 0.25) is 0 Å². The zero-order valence-corrected chi connectivity index (χ0v) is 15.5. The van der Waals surface area contributed by atoms with E-state index >= 15 is 0 Å². The highest BCUT2D eigenvalue weighted by atomic mass is 19.4. The minimum absolute atomic E-state index is 0.0328. The van der Waals surface area contributed by atoms with Gasteiger partial charge < -0.3 is 10.0 Å². The van der Waals surface area contributed by atoms with Crippen molar-refractivity contribution >= 4 is 11.8 Å². The lowest BCUT2D eigenvalue weighted by Gasteiger charge is -2.28. The van der Waals surface area contributed by atoms with E-state index in [4.69, 9.17) is 0 Å². The molecule has 3 rings (SSSR count). The molecule has 0 unspecified atom stereocenters. The highest BCUT2D eigenvalue weighted by Crippen LogP contribution is 2.39. The maximum Gasteiger partial charge on any atom is 0.419 e. The van der Waals surface area contributed by atoms with Crippen LogP contribution >= 0.6 is 0 Å². The van der Waals surface area contributed by atoms with Gasteiger partial charge >= 0.3 is 12.3 Å². The van der Waals surface area contributed by atoms with Crippen molar-refractivity contribution in [3.05, 3.63) is 53.6 Å². The summed E-state index contributed by atoms with van der Waals surface area (Å²) < 4.78 is 67.9. The second-order valence-corrected chi connectivity index (χ2v) is 7.00. The van der Waals surface area contributed by atoms with Crippen LogP contribution in [0, 0.1) is 11.6 Å². The van der Waals surface area contributed by atoms with Gasteiger partial charge in [-0.2, -0.15) is 13.2 Å². The van der Waals surface area contributed by atoms with Crippen molar-refractivity contribution in [1.82, 2.24) is 4.90 Å². The summed E-state index contributed by atoms with van der Waals surface area (Å²) >= 11 is 0. The third kappa shape index (κ3) is 4.34. The van der Waals surface area contributed by atoms with E-state index in [1.165, 1.54) is 0 Å². The molecule has 1 heterocycles. The predicted octanol–water partition coefficient (Wildman–Crippen LogP) is 5.23. The van der Waals surface area contributed by atoms with Gasteiger partial charge in [-0.15, -0.1) is 0 Å². The van der Waals surface area contributed by atoms with Gasteiger partial charge in [-0.05, 0) is 50.7 Å². The summed E-state index contributed by atoms with van der Waals surface area (Å²) in [6.07, 6.45) is -4.67. The molecule has 1 aliphatic rings. The predicted molar refractivity (Wildman–Crippen MR) is 97.8 cm³/mol. The van der Waals surface area contributed by atoms with Crippen molar-refractivity contribution in [2.24, 2.45) is 0 Å². The van der Waals surface area contributed by atoms with Crippen LogP contribution in [0.25, 0.3) is 11.1 Å². The number of anilines is 1. The lowest BCUT2D eigenvalue weighted by atomic mass is 9.99. The fourth-order valence-electron chi connectivity index (χ4n) is 3.62. The molecule has 1 amide bonds. The Morgan fingerprint density at radius 1 is 1.21 bits per heavy atom. The van der Waals surface area contributed by atoms with Crippen LogP contribution < -0.4 is 4.90 Å². The van der Waals surface area contributed by atoms with Crippen molar-refractivity contribution in [3.63, 3.8) is 0 Å². The average Bonchev–Trinajstić information content (AvgIpc) is 3.04. The Bertz CT molecular complexity index is 916. The summed E-state index contributed by atoms with van der Waals surface area (Å²) in [6.45, 7) is 0.821. The Labute approximate surface area is 164 Å². The van der Waals surface area contributed by atoms with Gasteiger partial charge in [-0.3, -0.25) is 4.90 Å². The van der Waals surface area contributed by atoms with Gasteiger partial charge in [-0.25, -0.2) is 13.6 Å². The molecule has 0 aliphatic carbocycles. The third-order valence-electron chi connectivity index (χ3n) is 5.14. The number of hydrogen-bond donors (Lipinski definition) is 1. The van der Waals surface area contributed by atoms with Crippen LogP contribution in [-0.2, 0) is 6.18 Å². The van der Waals surface area contributed by atoms with Crippen molar-refractivity contribution in [2.75, 3.05) is 25.0 Å². The molecule has 1 N–H and O–H groups in total. The van der Waals surface area contributed by atoms with Gasteiger partial charge in [0.2, 0.25) is 0 Å². The molecular weight excluding hydrogens is 395 g/mol. The first-order chi connectivity index (χ1) is 13.6. The van der Waals surface area contributed by atoms with Crippen LogP contribution in [0.15, 0.2) is 36.4 Å². The van der Waals surface area contributed by atoms with Crippen molar-refractivity contribution in [3.8, 4) is 11.1 Å². The van der Waals surface area contributed by atoms with Gasteiger partial charge in [0.1, 0.15) is 11.6 Å². The minimum atomic E-state index is -4.94. The molecule has 156 valence electrons. The smallest absolute Gasteiger partial charge is 0.419 e. The van der Waals surface area contributed by atoms with E-state index in [1.807, 2.05) is 11.9 Å². The molecule has 0 bridgehead atoms. The third-order valence-corrected chi connectivity index (χ3v) is 5.14. The van der Waals surface area contributed by atoms with Gasteiger partial charge in [-0.1, -0.05) is 12.1 Å². The lowest BCUT2D eigenvalue weighted by molar-refractivity contribution is -0.139. The van der Waals surface area contributed by atoms with Crippen LogP contribution in [-0.4, -0.2) is 42.3 Å². The van der Waals surface area contributed by atoms with E-state index in [-0.39, 0.29) is 23.8 Å². The first kappa shape index (κ1) is 21.0. The monoisotopic (exact) mass is 414 g/mol. The van der Waals surface area contributed by atoms with Crippen LogP contribution in [0.3, 0.4) is 0 Å². The molecule has 1 atom stereocenters. The number of rotatable bonds is 4. The number of amides is 1. The van der Waals surface area contributed by atoms with Gasteiger partial charge in [0.05, 0.1) is 11.3 Å². The summed E-state index contributed by atoms with van der Waals surface area (Å²) in [5, 5.41) is 9.71. The second-order valence-electron chi connectivity index (χ2n) is 7.00. The molecule has 0 aromatic heterocycles. The lowest BCUT2D eigenvalue weighted by Crippen LogP contribution is -2.41. The molecule has 1 aliphatic heterocycles. The number of carbonyl (C=O) groups is 1. The molecule has 9 heteroatoms. The number of benzene rings is 2. The molecule has 1 fully saturated rings. The van der Waals surface area contributed by atoms with Crippen molar-refractivity contribution in [1.29, 1.82) is 0 Å². The molecule has 0 saturated carbocycles. The number of carboxylic acid groups (broad SMARTS) is 1. The molecule has 0 spiro atoms. The summed E-state index contributed by atoms with van der Waals surface area (Å²) in [5.41, 5.74) is -2.34. The average molecular weight is 414 g/mol. The summed E-state index contributed by atoms with van der Waals surface area (Å²) in [6, 6.07) is 5.56. The second kappa shape index (κ2) is 7.98. The quantitative estimate of drug-likeness (QED) is 0.697. The van der Waals surface area contributed by atoms with E-state index in [0.29, 0.717) is 6.07 Å². The minimum Gasteiger partial charge on any atom is -0.465 e. The summed E-state index contributed by atoms with van der Waals surface area (Å²) in [7, 11) is 1.84. The normalized spacial score (nSPS) is 17.5. The maximum atomic E-state index is 14.7. The number of likely N-dealkylation sites (tertiary alicyclic amines) is 1. The molecule has 2 aromatic carbocycles. The van der Waals surface area contributed by atoms with E-state index in [2.05, 4.69) is 0 Å². The number of hydrogen-bond acceptors (Lipinski definition) is 2. The Morgan fingerprint density at radius 3 is 2.52 bits per heavy atom. The fraction of sp³-hybridized carbons (Fsp3) is 0.350. The van der Waals surface area contributed by atoms with E-state index in [0.717, 1.165) is 54.6 Å². The number of nitrogens with zero attached hydrogens (tertiary/aromatic N) is 2. The van der Waals surface area contributed by atoms with Gasteiger partial charge in [0.25, 0.3) is 0 Å². The number of halogens is 5. The molecular formula is C20H19F5N2O2.